The van der Waals surface area contributed by atoms with Crippen molar-refractivity contribution in [3.63, 3.8) is 0 Å². The highest BCUT2D eigenvalue weighted by molar-refractivity contribution is 5.80. The molecule has 0 aromatic carbocycles. The third-order valence-corrected chi connectivity index (χ3v) is 2.23. The Morgan fingerprint density at radius 1 is 1.62 bits per heavy atom. The van der Waals surface area contributed by atoms with Crippen LogP contribution >= 0.6 is 0 Å². The second kappa shape index (κ2) is 6.19. The predicted molar refractivity (Wildman–Crippen MR) is 60.7 cm³/mol. The standard InChI is InChI=1S/C11H17N3O2/c1-8-3-4-9(6-13-8)7-14-11(15)10(5-12)16-2/h3-4,6,10H,5,7,12H2,1-2H3,(H,14,15). The quantitative estimate of drug-likeness (QED) is 0.735. The maximum atomic E-state index is 11.5. The molecule has 1 atom stereocenters. The smallest absolute Gasteiger partial charge is 0.250 e. The van der Waals surface area contributed by atoms with E-state index in [0.717, 1.165) is 11.3 Å². The normalized spacial score (nSPS) is 12.2. The van der Waals surface area contributed by atoms with Crippen LogP contribution < -0.4 is 11.1 Å². The molecule has 1 unspecified atom stereocenters. The van der Waals surface area contributed by atoms with E-state index >= 15 is 0 Å². The van der Waals surface area contributed by atoms with E-state index in [1.807, 2.05) is 19.1 Å². The van der Waals surface area contributed by atoms with Crippen molar-refractivity contribution in [3.8, 4) is 0 Å². The molecule has 3 N–H and O–H groups in total. The van der Waals surface area contributed by atoms with Crippen LogP contribution in [0.25, 0.3) is 0 Å². The zero-order valence-corrected chi connectivity index (χ0v) is 9.56. The number of aryl methyl sites for hydroxylation is 1. The molecule has 0 fully saturated rings. The lowest BCUT2D eigenvalue weighted by Crippen LogP contribution is -2.40. The maximum Gasteiger partial charge on any atom is 0.250 e. The molecule has 5 nitrogen and oxygen atoms in total. The number of carbonyl (C=O) groups is 1. The first-order valence-corrected chi connectivity index (χ1v) is 5.09. The molecule has 0 saturated heterocycles. The van der Waals surface area contributed by atoms with Gasteiger partial charge in [-0.2, -0.15) is 0 Å². The molecule has 1 heterocycles. The van der Waals surface area contributed by atoms with Gasteiger partial charge < -0.3 is 15.8 Å². The second-order valence-electron chi connectivity index (χ2n) is 3.49. The van der Waals surface area contributed by atoms with Crippen molar-refractivity contribution in [1.82, 2.24) is 10.3 Å². The first kappa shape index (κ1) is 12.6. The monoisotopic (exact) mass is 223 g/mol. The SMILES string of the molecule is COC(CN)C(=O)NCc1ccc(C)nc1. The number of hydrogen-bond donors (Lipinski definition) is 2. The number of nitrogens with one attached hydrogen (secondary N) is 1. The number of rotatable bonds is 5. The van der Waals surface area contributed by atoms with Gasteiger partial charge >= 0.3 is 0 Å². The van der Waals surface area contributed by atoms with Crippen LogP contribution in [0.2, 0.25) is 0 Å². The van der Waals surface area contributed by atoms with E-state index in [1.165, 1.54) is 7.11 Å². The molecule has 5 heteroatoms. The van der Waals surface area contributed by atoms with Crippen LogP contribution in [0, 0.1) is 6.92 Å². The van der Waals surface area contributed by atoms with Gasteiger partial charge in [-0.1, -0.05) is 6.07 Å². The summed E-state index contributed by atoms with van der Waals surface area (Å²) in [7, 11) is 1.46. The van der Waals surface area contributed by atoms with E-state index in [-0.39, 0.29) is 12.5 Å². The summed E-state index contributed by atoms with van der Waals surface area (Å²) in [6.45, 7) is 2.53. The lowest BCUT2D eigenvalue weighted by molar-refractivity contribution is -0.130. The van der Waals surface area contributed by atoms with Gasteiger partial charge in [0.15, 0.2) is 0 Å². The number of amides is 1. The van der Waals surface area contributed by atoms with Gasteiger partial charge in [-0.15, -0.1) is 0 Å². The average Bonchev–Trinajstić information content (AvgIpc) is 2.30. The second-order valence-corrected chi connectivity index (χ2v) is 3.49. The summed E-state index contributed by atoms with van der Waals surface area (Å²) in [5.41, 5.74) is 7.28. The molecule has 88 valence electrons. The largest absolute Gasteiger partial charge is 0.370 e. The molecular formula is C11H17N3O2. The lowest BCUT2D eigenvalue weighted by Gasteiger charge is -2.12. The summed E-state index contributed by atoms with van der Waals surface area (Å²) in [5.74, 6) is -0.203. The van der Waals surface area contributed by atoms with E-state index in [1.54, 1.807) is 6.20 Å². The molecule has 0 aliphatic carbocycles. The summed E-state index contributed by atoms with van der Waals surface area (Å²) in [6, 6.07) is 3.82. The molecule has 0 aliphatic rings. The molecule has 1 aromatic rings. The third kappa shape index (κ3) is 3.60. The number of ether oxygens (including phenoxy) is 1. The Hall–Kier alpha value is -1.46. The van der Waals surface area contributed by atoms with Crippen LogP contribution in [0.5, 0.6) is 0 Å². The van der Waals surface area contributed by atoms with Gasteiger partial charge in [-0.3, -0.25) is 9.78 Å². The van der Waals surface area contributed by atoms with Crippen molar-refractivity contribution in [2.45, 2.75) is 19.6 Å². The Bertz CT molecular complexity index is 334. The number of nitrogens with zero attached hydrogens (tertiary/aromatic N) is 1. The van der Waals surface area contributed by atoms with Gasteiger partial charge in [0.25, 0.3) is 5.91 Å². The Morgan fingerprint density at radius 2 is 2.38 bits per heavy atom. The van der Waals surface area contributed by atoms with E-state index in [2.05, 4.69) is 10.3 Å². The molecule has 0 saturated carbocycles. The minimum Gasteiger partial charge on any atom is -0.370 e. The molecule has 0 radical (unpaired) electrons. The third-order valence-electron chi connectivity index (χ3n) is 2.23. The van der Waals surface area contributed by atoms with E-state index in [9.17, 15) is 4.79 Å². The van der Waals surface area contributed by atoms with Crippen molar-refractivity contribution >= 4 is 5.91 Å². The maximum absolute atomic E-state index is 11.5. The fourth-order valence-corrected chi connectivity index (χ4v) is 1.22. The Morgan fingerprint density at radius 3 is 2.88 bits per heavy atom. The average molecular weight is 223 g/mol. The van der Waals surface area contributed by atoms with Crippen molar-refractivity contribution in [2.24, 2.45) is 5.73 Å². The van der Waals surface area contributed by atoms with Gasteiger partial charge in [-0.25, -0.2) is 0 Å². The fraction of sp³-hybridized carbons (Fsp3) is 0.455. The Balaban J connectivity index is 2.45. The summed E-state index contributed by atoms with van der Waals surface area (Å²) in [4.78, 5) is 15.6. The van der Waals surface area contributed by atoms with E-state index in [0.29, 0.717) is 6.54 Å². The Labute approximate surface area is 95.0 Å². The van der Waals surface area contributed by atoms with Crippen molar-refractivity contribution < 1.29 is 9.53 Å². The van der Waals surface area contributed by atoms with Crippen LogP contribution in [-0.2, 0) is 16.1 Å². The number of nitrogens with two attached hydrogens (primary N) is 1. The summed E-state index contributed by atoms with van der Waals surface area (Å²) >= 11 is 0. The van der Waals surface area contributed by atoms with Crippen LogP contribution in [0.15, 0.2) is 18.3 Å². The number of aromatic nitrogens is 1. The van der Waals surface area contributed by atoms with Gasteiger partial charge in [-0.05, 0) is 18.6 Å². The van der Waals surface area contributed by atoms with Crippen molar-refractivity contribution in [1.29, 1.82) is 0 Å². The van der Waals surface area contributed by atoms with Crippen LogP contribution in [-0.4, -0.2) is 30.6 Å². The zero-order valence-electron chi connectivity index (χ0n) is 9.56. The van der Waals surface area contributed by atoms with Gasteiger partial charge in [0.05, 0.1) is 0 Å². The van der Waals surface area contributed by atoms with E-state index < -0.39 is 6.10 Å². The first-order chi connectivity index (χ1) is 7.67. The summed E-state index contributed by atoms with van der Waals surface area (Å²) < 4.78 is 4.92. The van der Waals surface area contributed by atoms with Crippen LogP contribution in [0.4, 0.5) is 0 Å². The number of methoxy groups -OCH3 is 1. The highest BCUT2D eigenvalue weighted by Gasteiger charge is 2.14. The van der Waals surface area contributed by atoms with Gasteiger partial charge in [0, 0.05) is 32.1 Å². The van der Waals surface area contributed by atoms with Gasteiger partial charge in [0.2, 0.25) is 0 Å². The highest BCUT2D eigenvalue weighted by atomic mass is 16.5. The lowest BCUT2D eigenvalue weighted by atomic mass is 10.2. The fourth-order valence-electron chi connectivity index (χ4n) is 1.22. The number of carbonyl (C=O) groups excluding carboxylic acids is 1. The molecule has 0 bridgehead atoms. The molecule has 1 rings (SSSR count). The summed E-state index contributed by atoms with van der Waals surface area (Å²) in [5, 5.41) is 2.74. The minimum absolute atomic E-state index is 0.175. The zero-order chi connectivity index (χ0) is 12.0. The van der Waals surface area contributed by atoms with Gasteiger partial charge in [0.1, 0.15) is 6.10 Å². The molecule has 1 amide bonds. The first-order valence-electron chi connectivity index (χ1n) is 5.09. The van der Waals surface area contributed by atoms with Crippen molar-refractivity contribution in [2.75, 3.05) is 13.7 Å². The molecular weight excluding hydrogens is 206 g/mol. The molecule has 0 aliphatic heterocycles. The highest BCUT2D eigenvalue weighted by Crippen LogP contribution is 1.99. The van der Waals surface area contributed by atoms with E-state index in [4.69, 9.17) is 10.5 Å². The number of pyridine rings is 1. The Kier molecular flexibility index (Phi) is 4.88. The molecule has 1 aromatic heterocycles. The van der Waals surface area contributed by atoms with Crippen LogP contribution in [0.1, 0.15) is 11.3 Å². The minimum atomic E-state index is -0.585. The summed E-state index contributed by atoms with van der Waals surface area (Å²) in [6.07, 6.45) is 1.15. The molecule has 0 spiro atoms. The van der Waals surface area contributed by atoms with Crippen molar-refractivity contribution in [3.05, 3.63) is 29.6 Å². The number of hydrogen-bond acceptors (Lipinski definition) is 4. The van der Waals surface area contributed by atoms with Crippen LogP contribution in [0.3, 0.4) is 0 Å². The topological polar surface area (TPSA) is 77.2 Å². The molecule has 16 heavy (non-hydrogen) atoms. The predicted octanol–water partition coefficient (Wildman–Crippen LogP) is -0.0201.